The van der Waals surface area contributed by atoms with Crippen LogP contribution in [0.2, 0.25) is 4.34 Å². The number of hydrogen-bond donors (Lipinski definition) is 2. The molecule has 0 atom stereocenters. The Morgan fingerprint density at radius 3 is 2.91 bits per heavy atom. The number of thiophene rings is 1. The van der Waals surface area contributed by atoms with E-state index in [0.717, 1.165) is 21.7 Å². The highest BCUT2D eigenvalue weighted by molar-refractivity contribution is 7.19. The predicted octanol–water partition coefficient (Wildman–Crippen LogP) is 4.80. The van der Waals surface area contributed by atoms with Crippen LogP contribution >= 0.6 is 22.9 Å². The summed E-state index contributed by atoms with van der Waals surface area (Å²) in [5, 5.41) is 2.92. The Hall–Kier alpha value is -2.08. The largest absolute Gasteiger partial charge is 0.380 e. The molecule has 4 nitrogen and oxygen atoms in total. The van der Waals surface area contributed by atoms with Gasteiger partial charge in [-0.25, -0.2) is 0 Å². The molecule has 0 aliphatic heterocycles. The molecule has 0 radical (unpaired) electrons. The summed E-state index contributed by atoms with van der Waals surface area (Å²) in [6.07, 6.45) is 3.50. The summed E-state index contributed by atoms with van der Waals surface area (Å²) in [7, 11) is 1.64. The Morgan fingerprint density at radius 1 is 1.30 bits per heavy atom. The van der Waals surface area contributed by atoms with Gasteiger partial charge >= 0.3 is 0 Å². The topological polar surface area (TPSA) is 54.1 Å². The van der Waals surface area contributed by atoms with Crippen molar-refractivity contribution >= 4 is 34.5 Å². The molecule has 0 bridgehead atoms. The average molecular weight is 347 g/mol. The van der Waals surface area contributed by atoms with E-state index in [1.165, 1.54) is 11.3 Å². The number of aromatic amines is 1. The van der Waals surface area contributed by atoms with Crippen molar-refractivity contribution in [2.45, 2.75) is 6.61 Å². The van der Waals surface area contributed by atoms with Gasteiger partial charge in [-0.15, -0.1) is 11.3 Å². The van der Waals surface area contributed by atoms with Crippen molar-refractivity contribution in [1.29, 1.82) is 0 Å². The quantitative estimate of drug-likeness (QED) is 0.697. The van der Waals surface area contributed by atoms with Crippen molar-refractivity contribution in [3.8, 4) is 10.4 Å². The molecule has 0 aliphatic rings. The van der Waals surface area contributed by atoms with E-state index in [-0.39, 0.29) is 5.91 Å². The van der Waals surface area contributed by atoms with Gasteiger partial charge in [0, 0.05) is 35.6 Å². The van der Waals surface area contributed by atoms with Gasteiger partial charge in [-0.05, 0) is 29.8 Å². The molecule has 0 fully saturated rings. The summed E-state index contributed by atoms with van der Waals surface area (Å²) < 4.78 is 5.80. The van der Waals surface area contributed by atoms with Crippen molar-refractivity contribution in [2.75, 3.05) is 12.4 Å². The number of nitrogens with one attached hydrogen (secondary N) is 2. The van der Waals surface area contributed by atoms with Gasteiger partial charge in [0.05, 0.1) is 16.5 Å². The van der Waals surface area contributed by atoms with Gasteiger partial charge in [0.1, 0.15) is 0 Å². The highest BCUT2D eigenvalue weighted by atomic mass is 35.5. The van der Waals surface area contributed by atoms with E-state index in [1.54, 1.807) is 19.5 Å². The molecule has 0 saturated heterocycles. The van der Waals surface area contributed by atoms with E-state index in [1.807, 2.05) is 36.4 Å². The van der Waals surface area contributed by atoms with Crippen LogP contribution in [0.3, 0.4) is 0 Å². The van der Waals surface area contributed by atoms with E-state index in [0.29, 0.717) is 16.5 Å². The molecular weight excluding hydrogens is 332 g/mol. The number of anilines is 1. The molecule has 1 amide bonds. The van der Waals surface area contributed by atoms with Crippen LogP contribution in [0.4, 0.5) is 5.69 Å². The summed E-state index contributed by atoms with van der Waals surface area (Å²) in [6, 6.07) is 11.3. The number of amides is 1. The number of methoxy groups -OCH3 is 1. The second-order valence-corrected chi connectivity index (χ2v) is 6.69. The van der Waals surface area contributed by atoms with Gasteiger partial charge < -0.3 is 15.0 Å². The Labute approximate surface area is 143 Å². The molecule has 0 aliphatic carbocycles. The van der Waals surface area contributed by atoms with Gasteiger partial charge in [0.15, 0.2) is 0 Å². The normalized spacial score (nSPS) is 10.7. The summed E-state index contributed by atoms with van der Waals surface area (Å²) in [6.45, 7) is 0.507. The van der Waals surface area contributed by atoms with E-state index < -0.39 is 0 Å². The van der Waals surface area contributed by atoms with Crippen LogP contribution < -0.4 is 5.32 Å². The van der Waals surface area contributed by atoms with Gasteiger partial charge in [0.2, 0.25) is 0 Å². The lowest BCUT2D eigenvalue weighted by atomic mass is 10.1. The fourth-order valence-electron chi connectivity index (χ4n) is 2.32. The Balaban J connectivity index is 1.82. The van der Waals surface area contributed by atoms with Crippen molar-refractivity contribution in [3.05, 3.63) is 64.3 Å². The summed E-state index contributed by atoms with van der Waals surface area (Å²) in [4.78, 5) is 16.5. The number of carbonyl (C=O) groups excluding carboxylic acids is 1. The minimum absolute atomic E-state index is 0.166. The van der Waals surface area contributed by atoms with Crippen molar-refractivity contribution in [2.24, 2.45) is 0 Å². The number of halogens is 1. The van der Waals surface area contributed by atoms with E-state index in [9.17, 15) is 4.79 Å². The SMILES string of the molecule is COCc1cccc(NC(=O)c2c[nH]cc2-c2ccc(Cl)s2)c1. The smallest absolute Gasteiger partial charge is 0.257 e. The molecule has 0 saturated carbocycles. The average Bonchev–Trinajstić information content (AvgIpc) is 3.16. The first-order chi connectivity index (χ1) is 11.2. The highest BCUT2D eigenvalue weighted by Crippen LogP contribution is 2.33. The third-order valence-corrected chi connectivity index (χ3v) is 4.59. The van der Waals surface area contributed by atoms with Gasteiger partial charge in [-0.3, -0.25) is 4.79 Å². The first kappa shape index (κ1) is 15.8. The maximum absolute atomic E-state index is 12.6. The molecule has 6 heteroatoms. The monoisotopic (exact) mass is 346 g/mol. The second kappa shape index (κ2) is 7.00. The number of carbonyl (C=O) groups is 1. The minimum atomic E-state index is -0.166. The lowest BCUT2D eigenvalue weighted by Gasteiger charge is -2.07. The highest BCUT2D eigenvalue weighted by Gasteiger charge is 2.15. The van der Waals surface area contributed by atoms with Crippen LogP contribution in [0.1, 0.15) is 15.9 Å². The fourth-order valence-corrected chi connectivity index (χ4v) is 3.39. The minimum Gasteiger partial charge on any atom is -0.380 e. The van der Waals surface area contributed by atoms with Crippen LogP contribution in [0.15, 0.2) is 48.8 Å². The molecule has 3 rings (SSSR count). The Bertz CT molecular complexity index is 825. The second-order valence-electron chi connectivity index (χ2n) is 4.97. The third kappa shape index (κ3) is 3.64. The van der Waals surface area contributed by atoms with Crippen molar-refractivity contribution < 1.29 is 9.53 Å². The predicted molar refractivity (Wildman–Crippen MR) is 94.2 cm³/mol. The molecule has 2 aromatic heterocycles. The van der Waals surface area contributed by atoms with Crippen LogP contribution in [-0.4, -0.2) is 18.0 Å². The Morgan fingerprint density at radius 2 is 2.17 bits per heavy atom. The van der Waals surface area contributed by atoms with Gasteiger partial charge in [0.25, 0.3) is 5.91 Å². The van der Waals surface area contributed by atoms with Crippen molar-refractivity contribution in [1.82, 2.24) is 4.98 Å². The maximum atomic E-state index is 12.6. The molecule has 0 spiro atoms. The van der Waals surface area contributed by atoms with Crippen LogP contribution in [0.5, 0.6) is 0 Å². The lowest BCUT2D eigenvalue weighted by Crippen LogP contribution is -2.12. The first-order valence-electron chi connectivity index (χ1n) is 6.99. The molecule has 3 aromatic rings. The molecule has 118 valence electrons. The van der Waals surface area contributed by atoms with Crippen LogP contribution in [0, 0.1) is 0 Å². The van der Waals surface area contributed by atoms with Gasteiger partial charge in [-0.2, -0.15) is 0 Å². The number of aromatic nitrogens is 1. The molecule has 1 aromatic carbocycles. The summed E-state index contributed by atoms with van der Waals surface area (Å²) in [5.41, 5.74) is 3.17. The van der Waals surface area contributed by atoms with E-state index >= 15 is 0 Å². The fraction of sp³-hybridized carbons (Fsp3) is 0.118. The third-order valence-electron chi connectivity index (χ3n) is 3.32. The molecule has 0 unspecified atom stereocenters. The zero-order valence-corrected chi connectivity index (χ0v) is 14.0. The zero-order chi connectivity index (χ0) is 16.2. The van der Waals surface area contributed by atoms with Gasteiger partial charge in [-0.1, -0.05) is 23.7 Å². The number of benzene rings is 1. The number of H-pyrrole nitrogens is 1. The Kier molecular flexibility index (Phi) is 4.81. The van der Waals surface area contributed by atoms with Crippen molar-refractivity contribution in [3.63, 3.8) is 0 Å². The first-order valence-corrected chi connectivity index (χ1v) is 8.18. The number of hydrogen-bond acceptors (Lipinski definition) is 3. The molecule has 2 heterocycles. The molecule has 2 N–H and O–H groups in total. The summed E-state index contributed by atoms with van der Waals surface area (Å²) in [5.74, 6) is -0.166. The maximum Gasteiger partial charge on any atom is 0.257 e. The summed E-state index contributed by atoms with van der Waals surface area (Å²) >= 11 is 7.42. The zero-order valence-electron chi connectivity index (χ0n) is 12.4. The van der Waals surface area contributed by atoms with E-state index in [4.69, 9.17) is 16.3 Å². The number of rotatable bonds is 5. The van der Waals surface area contributed by atoms with Crippen LogP contribution in [0.25, 0.3) is 10.4 Å². The number of ether oxygens (including phenoxy) is 1. The van der Waals surface area contributed by atoms with Crippen LogP contribution in [-0.2, 0) is 11.3 Å². The molecule has 23 heavy (non-hydrogen) atoms. The molecular formula is C17H15ClN2O2S. The van der Waals surface area contributed by atoms with E-state index in [2.05, 4.69) is 10.3 Å². The standard InChI is InChI=1S/C17H15ClN2O2S/c1-22-10-11-3-2-4-12(7-11)20-17(21)14-9-19-8-13(14)15-5-6-16(18)23-15/h2-9,19H,10H2,1H3,(H,20,21). The lowest BCUT2D eigenvalue weighted by molar-refractivity contribution is 0.102.